The molecule has 0 unspecified atom stereocenters. The third-order valence-corrected chi connectivity index (χ3v) is 7.02. The van der Waals surface area contributed by atoms with Gasteiger partial charge in [-0.1, -0.05) is 61.8 Å². The number of hydrogen-bond donors (Lipinski definition) is 0. The summed E-state index contributed by atoms with van der Waals surface area (Å²) < 4.78 is 36.9. The Morgan fingerprint density at radius 3 is 2.41 bits per heavy atom. The fourth-order valence-corrected chi connectivity index (χ4v) is 4.28. The highest BCUT2D eigenvalue weighted by molar-refractivity contribution is 7.89. The lowest BCUT2D eigenvalue weighted by molar-refractivity contribution is 0.0600. The monoisotopic (exact) mass is 477 g/mol. The van der Waals surface area contributed by atoms with E-state index in [0.717, 1.165) is 9.87 Å². The molecular formula is C22H24ClN3O5S. The van der Waals surface area contributed by atoms with E-state index < -0.39 is 16.0 Å². The normalized spacial score (nSPS) is 12.2. The molecule has 10 heteroatoms. The fraction of sp³-hybridized carbons (Fsp3) is 0.318. The fourth-order valence-electron chi connectivity index (χ4n) is 2.94. The summed E-state index contributed by atoms with van der Waals surface area (Å²) in [5, 5.41) is 4.05. The van der Waals surface area contributed by atoms with Crippen LogP contribution in [0.1, 0.15) is 42.6 Å². The summed E-state index contributed by atoms with van der Waals surface area (Å²) in [4.78, 5) is 16.0. The van der Waals surface area contributed by atoms with Crippen molar-refractivity contribution in [1.82, 2.24) is 14.4 Å². The van der Waals surface area contributed by atoms with Crippen molar-refractivity contribution in [3.8, 4) is 11.4 Å². The standard InChI is InChI=1S/C22H24ClN3O5S/c1-22(2,3)15-8-6-14(7-9-15)20-24-19(31-25-20)13-26(4)32(28,29)16-10-11-18(23)17(12-16)21(27)30-5/h6-12H,13H2,1-5H3. The molecule has 1 aromatic heterocycles. The zero-order valence-corrected chi connectivity index (χ0v) is 20.0. The van der Waals surface area contributed by atoms with E-state index in [4.69, 9.17) is 16.1 Å². The Hall–Kier alpha value is -2.75. The minimum atomic E-state index is -3.96. The van der Waals surface area contributed by atoms with Crippen LogP contribution in [0.2, 0.25) is 5.02 Å². The van der Waals surface area contributed by atoms with E-state index in [0.29, 0.717) is 5.82 Å². The third kappa shape index (κ3) is 5.01. The van der Waals surface area contributed by atoms with Crippen molar-refractivity contribution in [2.24, 2.45) is 0 Å². The highest BCUT2D eigenvalue weighted by Crippen LogP contribution is 2.26. The van der Waals surface area contributed by atoms with Crippen LogP contribution in [-0.4, -0.2) is 43.0 Å². The van der Waals surface area contributed by atoms with Gasteiger partial charge in [0, 0.05) is 12.6 Å². The topological polar surface area (TPSA) is 103 Å². The Bertz CT molecular complexity index is 1230. The van der Waals surface area contributed by atoms with Gasteiger partial charge in [-0.3, -0.25) is 0 Å². The first-order valence-corrected chi connectivity index (χ1v) is 11.5. The van der Waals surface area contributed by atoms with E-state index in [9.17, 15) is 13.2 Å². The number of halogens is 1. The van der Waals surface area contributed by atoms with Gasteiger partial charge in [0.15, 0.2) is 0 Å². The van der Waals surface area contributed by atoms with Gasteiger partial charge in [0.25, 0.3) is 0 Å². The maximum absolute atomic E-state index is 13.0. The molecule has 32 heavy (non-hydrogen) atoms. The summed E-state index contributed by atoms with van der Waals surface area (Å²) in [6, 6.07) is 11.6. The number of aromatic nitrogens is 2. The first kappa shape index (κ1) is 23.9. The van der Waals surface area contributed by atoms with Crippen LogP contribution in [-0.2, 0) is 26.7 Å². The van der Waals surface area contributed by atoms with Crippen molar-refractivity contribution in [2.45, 2.75) is 37.6 Å². The Kier molecular flexibility index (Phi) is 6.73. The van der Waals surface area contributed by atoms with E-state index in [-0.39, 0.29) is 33.3 Å². The number of benzene rings is 2. The summed E-state index contributed by atoms with van der Waals surface area (Å²) in [5.74, 6) is -0.229. The summed E-state index contributed by atoms with van der Waals surface area (Å²) in [5.41, 5.74) is 1.92. The van der Waals surface area contributed by atoms with E-state index in [2.05, 4.69) is 35.6 Å². The van der Waals surface area contributed by atoms with Crippen molar-refractivity contribution < 1.29 is 22.5 Å². The van der Waals surface area contributed by atoms with Crippen LogP contribution in [0.15, 0.2) is 51.9 Å². The van der Waals surface area contributed by atoms with Gasteiger partial charge < -0.3 is 9.26 Å². The minimum Gasteiger partial charge on any atom is -0.465 e. The van der Waals surface area contributed by atoms with Crippen molar-refractivity contribution in [1.29, 1.82) is 0 Å². The number of rotatable bonds is 6. The molecule has 0 aliphatic heterocycles. The maximum Gasteiger partial charge on any atom is 0.339 e. The van der Waals surface area contributed by atoms with Gasteiger partial charge in [0.2, 0.25) is 21.7 Å². The number of carbonyl (C=O) groups excluding carboxylic acids is 1. The average Bonchev–Trinajstić information content (AvgIpc) is 3.21. The molecule has 0 bridgehead atoms. The van der Waals surface area contributed by atoms with Gasteiger partial charge >= 0.3 is 5.97 Å². The first-order valence-electron chi connectivity index (χ1n) is 9.71. The van der Waals surface area contributed by atoms with E-state index in [1.165, 1.54) is 37.9 Å². The minimum absolute atomic E-state index is 0.0212. The molecule has 8 nitrogen and oxygen atoms in total. The lowest BCUT2D eigenvalue weighted by Gasteiger charge is -2.18. The molecule has 0 radical (unpaired) electrons. The molecule has 0 aliphatic carbocycles. The molecule has 3 aromatic rings. The molecule has 170 valence electrons. The van der Waals surface area contributed by atoms with Crippen LogP contribution in [0.25, 0.3) is 11.4 Å². The predicted molar refractivity (Wildman–Crippen MR) is 120 cm³/mol. The Morgan fingerprint density at radius 1 is 1.16 bits per heavy atom. The summed E-state index contributed by atoms with van der Waals surface area (Å²) in [6.45, 7) is 6.23. The number of carbonyl (C=O) groups is 1. The highest BCUT2D eigenvalue weighted by atomic mass is 35.5. The zero-order chi connectivity index (χ0) is 23.7. The Morgan fingerprint density at radius 2 is 1.81 bits per heavy atom. The molecule has 1 heterocycles. The lowest BCUT2D eigenvalue weighted by Crippen LogP contribution is -2.27. The van der Waals surface area contributed by atoms with Crippen LogP contribution >= 0.6 is 11.6 Å². The number of hydrogen-bond acceptors (Lipinski definition) is 7. The van der Waals surface area contributed by atoms with Gasteiger partial charge in [0.05, 0.1) is 29.1 Å². The van der Waals surface area contributed by atoms with Crippen molar-refractivity contribution in [2.75, 3.05) is 14.2 Å². The molecule has 0 N–H and O–H groups in total. The third-order valence-electron chi connectivity index (χ3n) is 4.89. The van der Waals surface area contributed by atoms with Crippen molar-refractivity contribution in [3.05, 3.63) is 64.5 Å². The molecule has 2 aromatic carbocycles. The number of nitrogens with zero attached hydrogens (tertiary/aromatic N) is 3. The Balaban J connectivity index is 1.80. The molecule has 0 amide bonds. The second-order valence-corrected chi connectivity index (χ2v) is 10.7. The van der Waals surface area contributed by atoms with Crippen LogP contribution in [0.5, 0.6) is 0 Å². The largest absolute Gasteiger partial charge is 0.465 e. The zero-order valence-electron chi connectivity index (χ0n) is 18.4. The summed E-state index contributed by atoms with van der Waals surface area (Å²) in [7, 11) is -1.39. The second-order valence-electron chi connectivity index (χ2n) is 8.23. The quantitative estimate of drug-likeness (QED) is 0.488. The number of methoxy groups -OCH3 is 1. The SMILES string of the molecule is COC(=O)c1cc(S(=O)(=O)N(C)Cc2nc(-c3ccc(C(C)(C)C)cc3)no2)ccc1Cl. The molecule has 3 rings (SSSR count). The number of esters is 1. The van der Waals surface area contributed by atoms with Gasteiger partial charge in [-0.25, -0.2) is 13.2 Å². The molecular weight excluding hydrogens is 454 g/mol. The first-order chi connectivity index (χ1) is 14.9. The van der Waals surface area contributed by atoms with Crippen LogP contribution in [0.4, 0.5) is 0 Å². The number of ether oxygens (including phenoxy) is 1. The molecule has 0 aliphatic rings. The molecule has 0 spiro atoms. The smallest absolute Gasteiger partial charge is 0.339 e. The molecule has 0 saturated heterocycles. The Labute approximate surface area is 192 Å². The summed E-state index contributed by atoms with van der Waals surface area (Å²) in [6.07, 6.45) is 0. The van der Waals surface area contributed by atoms with E-state index >= 15 is 0 Å². The molecule has 0 fully saturated rings. The van der Waals surface area contributed by atoms with Crippen LogP contribution in [0, 0.1) is 0 Å². The second kappa shape index (κ2) is 9.01. The van der Waals surface area contributed by atoms with Crippen molar-refractivity contribution >= 4 is 27.6 Å². The highest BCUT2D eigenvalue weighted by Gasteiger charge is 2.25. The van der Waals surface area contributed by atoms with Crippen molar-refractivity contribution in [3.63, 3.8) is 0 Å². The van der Waals surface area contributed by atoms with E-state index in [1.807, 2.05) is 24.3 Å². The molecule has 0 saturated carbocycles. The van der Waals surface area contributed by atoms with Gasteiger partial charge in [-0.05, 0) is 29.2 Å². The predicted octanol–water partition coefficient (Wildman–Crippen LogP) is 4.29. The maximum atomic E-state index is 13.0. The van der Waals surface area contributed by atoms with E-state index in [1.54, 1.807) is 0 Å². The average molecular weight is 478 g/mol. The van der Waals surface area contributed by atoms with Gasteiger partial charge in [0.1, 0.15) is 0 Å². The number of sulfonamides is 1. The van der Waals surface area contributed by atoms with Gasteiger partial charge in [-0.15, -0.1) is 0 Å². The summed E-state index contributed by atoms with van der Waals surface area (Å²) >= 11 is 5.98. The van der Waals surface area contributed by atoms with Crippen LogP contribution in [0.3, 0.4) is 0 Å². The molecule has 0 atom stereocenters. The van der Waals surface area contributed by atoms with Crippen LogP contribution < -0.4 is 0 Å². The lowest BCUT2D eigenvalue weighted by atomic mass is 9.87. The van der Waals surface area contributed by atoms with Gasteiger partial charge in [-0.2, -0.15) is 9.29 Å².